The number of hydrogen-bond acceptors (Lipinski definition) is 3. The Balaban J connectivity index is 2.19. The maximum Gasteiger partial charge on any atom is 0.255 e. The Morgan fingerprint density at radius 3 is 2.85 bits per heavy atom. The van der Waals surface area contributed by atoms with Gasteiger partial charge in [-0.2, -0.15) is 0 Å². The normalized spacial score (nSPS) is 10.2. The summed E-state index contributed by atoms with van der Waals surface area (Å²) in [6.45, 7) is 4.71. The van der Waals surface area contributed by atoms with Crippen LogP contribution in [0.5, 0.6) is 0 Å². The van der Waals surface area contributed by atoms with Crippen LogP contribution in [0.1, 0.15) is 22.8 Å². The van der Waals surface area contributed by atoms with Crippen molar-refractivity contribution in [1.29, 1.82) is 0 Å². The van der Waals surface area contributed by atoms with E-state index in [9.17, 15) is 4.79 Å². The van der Waals surface area contributed by atoms with Crippen LogP contribution in [0, 0.1) is 6.92 Å². The molecular formula is C15H16BrN3O. The van der Waals surface area contributed by atoms with Gasteiger partial charge in [-0.3, -0.25) is 4.79 Å². The van der Waals surface area contributed by atoms with Crippen LogP contribution in [-0.4, -0.2) is 17.4 Å². The zero-order chi connectivity index (χ0) is 14.5. The molecule has 0 aliphatic heterocycles. The van der Waals surface area contributed by atoms with Crippen molar-refractivity contribution in [2.45, 2.75) is 13.8 Å². The van der Waals surface area contributed by atoms with E-state index in [2.05, 4.69) is 31.5 Å². The number of carbonyl (C=O) groups excluding carboxylic acids is 1. The van der Waals surface area contributed by atoms with Gasteiger partial charge in [-0.1, -0.05) is 22.0 Å². The maximum absolute atomic E-state index is 12.3. The number of benzene rings is 1. The molecule has 104 valence electrons. The second kappa shape index (κ2) is 6.52. The molecule has 5 heteroatoms. The number of aromatic nitrogens is 1. The van der Waals surface area contributed by atoms with E-state index in [0.29, 0.717) is 11.4 Å². The summed E-state index contributed by atoms with van der Waals surface area (Å²) < 4.78 is 0.932. The number of amides is 1. The van der Waals surface area contributed by atoms with Crippen molar-refractivity contribution in [3.8, 4) is 0 Å². The van der Waals surface area contributed by atoms with Gasteiger partial charge in [-0.15, -0.1) is 0 Å². The fourth-order valence-electron chi connectivity index (χ4n) is 1.77. The van der Waals surface area contributed by atoms with Crippen molar-refractivity contribution in [3.63, 3.8) is 0 Å². The van der Waals surface area contributed by atoms with Crippen LogP contribution in [0.2, 0.25) is 0 Å². The molecule has 1 aromatic heterocycles. The molecule has 4 nitrogen and oxygen atoms in total. The van der Waals surface area contributed by atoms with E-state index in [-0.39, 0.29) is 5.91 Å². The van der Waals surface area contributed by atoms with Crippen LogP contribution in [0.25, 0.3) is 0 Å². The number of carbonyl (C=O) groups is 1. The molecule has 0 saturated heterocycles. The molecule has 0 aliphatic carbocycles. The molecule has 2 N–H and O–H groups in total. The van der Waals surface area contributed by atoms with Crippen LogP contribution < -0.4 is 10.6 Å². The molecule has 1 heterocycles. The summed E-state index contributed by atoms with van der Waals surface area (Å²) >= 11 is 3.40. The molecule has 0 unspecified atom stereocenters. The number of rotatable bonds is 4. The Bertz CT molecular complexity index is 628. The van der Waals surface area contributed by atoms with Crippen LogP contribution in [0.15, 0.2) is 41.0 Å². The van der Waals surface area contributed by atoms with Crippen molar-refractivity contribution in [1.82, 2.24) is 4.98 Å². The second-order valence-electron chi connectivity index (χ2n) is 4.37. The fourth-order valence-corrected chi connectivity index (χ4v) is 2.13. The molecule has 2 rings (SSSR count). The zero-order valence-corrected chi connectivity index (χ0v) is 13.0. The Hall–Kier alpha value is -1.88. The van der Waals surface area contributed by atoms with Crippen molar-refractivity contribution >= 4 is 33.3 Å². The highest BCUT2D eigenvalue weighted by atomic mass is 79.9. The number of hydrogen-bond donors (Lipinski definition) is 2. The summed E-state index contributed by atoms with van der Waals surface area (Å²) in [6.07, 6.45) is 1.63. The van der Waals surface area contributed by atoms with Gasteiger partial charge >= 0.3 is 0 Å². The number of nitrogens with zero attached hydrogens (tertiary/aromatic N) is 1. The van der Waals surface area contributed by atoms with E-state index in [1.807, 2.05) is 32.0 Å². The van der Waals surface area contributed by atoms with Gasteiger partial charge in [0.05, 0.1) is 0 Å². The van der Waals surface area contributed by atoms with Crippen LogP contribution >= 0.6 is 15.9 Å². The molecule has 2 aromatic rings. The van der Waals surface area contributed by atoms with Gasteiger partial charge in [0.25, 0.3) is 5.91 Å². The minimum absolute atomic E-state index is 0.146. The van der Waals surface area contributed by atoms with Crippen molar-refractivity contribution in [3.05, 3.63) is 52.1 Å². The summed E-state index contributed by atoms with van der Waals surface area (Å²) in [5.41, 5.74) is 2.39. The van der Waals surface area contributed by atoms with Crippen molar-refractivity contribution in [2.24, 2.45) is 0 Å². The third kappa shape index (κ3) is 3.57. The summed E-state index contributed by atoms with van der Waals surface area (Å²) in [7, 11) is 0. The Morgan fingerprint density at radius 2 is 2.10 bits per heavy atom. The largest absolute Gasteiger partial charge is 0.370 e. The van der Waals surface area contributed by atoms with E-state index in [4.69, 9.17) is 0 Å². The number of pyridine rings is 1. The number of anilines is 2. The van der Waals surface area contributed by atoms with E-state index < -0.39 is 0 Å². The SMILES string of the molecule is CCNc1cc(C(=O)Nc2cc(Br)ccc2C)ccn1. The van der Waals surface area contributed by atoms with Gasteiger partial charge in [-0.25, -0.2) is 4.98 Å². The lowest BCUT2D eigenvalue weighted by Crippen LogP contribution is -2.13. The van der Waals surface area contributed by atoms with Crippen LogP contribution in [-0.2, 0) is 0 Å². The lowest BCUT2D eigenvalue weighted by atomic mass is 10.2. The average Bonchev–Trinajstić information content (AvgIpc) is 2.43. The Morgan fingerprint density at radius 1 is 1.30 bits per heavy atom. The molecule has 0 spiro atoms. The zero-order valence-electron chi connectivity index (χ0n) is 11.4. The number of aryl methyl sites for hydroxylation is 1. The number of halogens is 1. The minimum atomic E-state index is -0.146. The lowest BCUT2D eigenvalue weighted by molar-refractivity contribution is 0.102. The van der Waals surface area contributed by atoms with E-state index in [1.165, 1.54) is 0 Å². The first-order valence-electron chi connectivity index (χ1n) is 6.37. The highest BCUT2D eigenvalue weighted by molar-refractivity contribution is 9.10. The highest BCUT2D eigenvalue weighted by Gasteiger charge is 2.09. The molecule has 20 heavy (non-hydrogen) atoms. The summed E-state index contributed by atoms with van der Waals surface area (Å²) in [6, 6.07) is 9.23. The standard InChI is InChI=1S/C15H16BrN3O/c1-3-17-14-8-11(6-7-18-14)15(20)19-13-9-12(16)5-4-10(13)2/h4-9H,3H2,1-2H3,(H,17,18)(H,19,20). The monoisotopic (exact) mass is 333 g/mol. The van der Waals surface area contributed by atoms with Gasteiger partial charge in [0.15, 0.2) is 0 Å². The van der Waals surface area contributed by atoms with Gasteiger partial charge in [0, 0.05) is 28.5 Å². The topological polar surface area (TPSA) is 54.0 Å². The summed E-state index contributed by atoms with van der Waals surface area (Å²) in [4.78, 5) is 16.4. The molecular weight excluding hydrogens is 318 g/mol. The second-order valence-corrected chi connectivity index (χ2v) is 5.29. The van der Waals surface area contributed by atoms with E-state index in [0.717, 1.165) is 22.3 Å². The quantitative estimate of drug-likeness (QED) is 0.893. The average molecular weight is 334 g/mol. The van der Waals surface area contributed by atoms with E-state index in [1.54, 1.807) is 18.3 Å². The van der Waals surface area contributed by atoms with Crippen molar-refractivity contribution < 1.29 is 4.79 Å². The maximum atomic E-state index is 12.3. The predicted octanol–water partition coefficient (Wildman–Crippen LogP) is 3.84. The molecule has 0 bridgehead atoms. The van der Waals surface area contributed by atoms with Gasteiger partial charge < -0.3 is 10.6 Å². The molecule has 1 amide bonds. The van der Waals surface area contributed by atoms with Gasteiger partial charge in [0.1, 0.15) is 5.82 Å². The fraction of sp³-hybridized carbons (Fsp3) is 0.200. The van der Waals surface area contributed by atoms with Crippen LogP contribution in [0.4, 0.5) is 11.5 Å². The smallest absolute Gasteiger partial charge is 0.255 e. The first-order chi connectivity index (χ1) is 9.60. The predicted molar refractivity (Wildman–Crippen MR) is 85.2 cm³/mol. The van der Waals surface area contributed by atoms with Crippen LogP contribution in [0.3, 0.4) is 0 Å². The summed E-state index contributed by atoms with van der Waals surface area (Å²) in [5.74, 6) is 0.555. The molecule has 0 radical (unpaired) electrons. The highest BCUT2D eigenvalue weighted by Crippen LogP contribution is 2.21. The first kappa shape index (κ1) is 14.5. The minimum Gasteiger partial charge on any atom is -0.370 e. The number of nitrogens with one attached hydrogen (secondary N) is 2. The van der Waals surface area contributed by atoms with Crippen molar-refractivity contribution in [2.75, 3.05) is 17.2 Å². The lowest BCUT2D eigenvalue weighted by Gasteiger charge is -2.10. The Kier molecular flexibility index (Phi) is 4.74. The molecule has 0 aliphatic rings. The van der Waals surface area contributed by atoms with E-state index >= 15 is 0 Å². The molecule has 0 fully saturated rings. The molecule has 0 atom stereocenters. The molecule has 1 aromatic carbocycles. The third-order valence-electron chi connectivity index (χ3n) is 2.83. The first-order valence-corrected chi connectivity index (χ1v) is 7.17. The third-order valence-corrected chi connectivity index (χ3v) is 3.32. The van der Waals surface area contributed by atoms with Gasteiger partial charge in [0.2, 0.25) is 0 Å². The van der Waals surface area contributed by atoms with Gasteiger partial charge in [-0.05, 0) is 43.7 Å². The Labute approximate surface area is 126 Å². The summed E-state index contributed by atoms with van der Waals surface area (Å²) in [5, 5.41) is 6.00. The molecule has 0 saturated carbocycles.